The third-order valence-electron chi connectivity index (χ3n) is 6.01. The van der Waals surface area contributed by atoms with Crippen molar-refractivity contribution in [1.82, 2.24) is 0 Å². The van der Waals surface area contributed by atoms with Crippen LogP contribution in [-0.2, 0) is 66.7 Å². The molecule has 0 aliphatic rings. The van der Waals surface area contributed by atoms with Gasteiger partial charge in [-0.25, -0.2) is 14.4 Å². The zero-order valence-corrected chi connectivity index (χ0v) is 26.3. The molecule has 0 aromatic rings. The molecule has 0 aromatic heterocycles. The minimum Gasteiger partial charge on any atom is -0.452 e. The molecule has 0 radical (unpaired) electrons. The lowest BCUT2D eigenvalue weighted by atomic mass is 9.87. The molecule has 0 rings (SSSR count). The summed E-state index contributed by atoms with van der Waals surface area (Å²) in [6.45, 7) is 4.04. The van der Waals surface area contributed by atoms with Gasteiger partial charge < -0.3 is 33.2 Å². The van der Waals surface area contributed by atoms with E-state index >= 15 is 0 Å². The summed E-state index contributed by atoms with van der Waals surface area (Å²) in [5, 5.41) is 0. The molecule has 0 heterocycles. The minimum atomic E-state index is -2.14. The van der Waals surface area contributed by atoms with Crippen LogP contribution in [0, 0.1) is 11.8 Å². The van der Waals surface area contributed by atoms with Crippen LogP contribution in [0.2, 0.25) is 0 Å². The van der Waals surface area contributed by atoms with Gasteiger partial charge in [0, 0.05) is 24.9 Å². The first kappa shape index (κ1) is 39.5. The molecule has 43 heavy (non-hydrogen) atoms. The van der Waals surface area contributed by atoms with Crippen molar-refractivity contribution in [3.8, 4) is 0 Å². The Morgan fingerprint density at radius 3 is 1.84 bits per heavy atom. The van der Waals surface area contributed by atoms with E-state index in [9.17, 15) is 33.6 Å². The van der Waals surface area contributed by atoms with Gasteiger partial charge in [0.1, 0.15) is 6.61 Å². The highest BCUT2D eigenvalue weighted by molar-refractivity contribution is 7.98. The minimum absolute atomic E-state index is 0.0826. The van der Waals surface area contributed by atoms with Crippen LogP contribution < -0.4 is 0 Å². The molecular formula is C28H42O14S. The summed E-state index contributed by atoms with van der Waals surface area (Å²) in [6.07, 6.45) is 3.18. The zero-order valence-electron chi connectivity index (χ0n) is 25.5. The van der Waals surface area contributed by atoms with Gasteiger partial charge in [-0.1, -0.05) is 26.8 Å². The first-order chi connectivity index (χ1) is 20.5. The second-order valence-electron chi connectivity index (χ2n) is 9.08. The van der Waals surface area contributed by atoms with Gasteiger partial charge in [0.05, 0.1) is 18.3 Å². The monoisotopic (exact) mass is 634 g/mol. The predicted molar refractivity (Wildman–Crippen MR) is 151 cm³/mol. The maximum atomic E-state index is 12.8. The normalized spacial score (nSPS) is 13.9. The molecule has 0 saturated heterocycles. The van der Waals surface area contributed by atoms with Crippen LogP contribution in [0.15, 0.2) is 11.6 Å². The second kappa shape index (κ2) is 22.1. The zero-order chi connectivity index (χ0) is 32.8. The number of ether oxygens (including phenoxy) is 7. The number of esters is 6. The van der Waals surface area contributed by atoms with Crippen molar-refractivity contribution in [2.45, 2.75) is 65.4 Å². The molecule has 0 aliphatic heterocycles. The Morgan fingerprint density at radius 2 is 1.35 bits per heavy atom. The Morgan fingerprint density at radius 1 is 0.791 bits per heavy atom. The van der Waals surface area contributed by atoms with Gasteiger partial charge in [0.15, 0.2) is 18.5 Å². The van der Waals surface area contributed by atoms with Crippen LogP contribution in [0.1, 0.15) is 59.8 Å². The van der Waals surface area contributed by atoms with Crippen LogP contribution in [0.3, 0.4) is 0 Å². The topological polar surface area (TPSA) is 184 Å². The summed E-state index contributed by atoms with van der Waals surface area (Å²) in [4.78, 5) is 85.7. The van der Waals surface area contributed by atoms with Gasteiger partial charge in [-0.05, 0) is 32.4 Å². The standard InChI is InChI=1S/C28H42O14S/c1-7-19(8-2)27(35)42-28(16-29,12-22(30)38-17-41-26(34)21(10-4)15-43-6)11-20(9-3)25(33)40-18-39-24(32)14-37-23(31)13-36-5/h7,16,20-21H,8-15,17-18H2,1-6H3/b19-7+. The highest BCUT2D eigenvalue weighted by atomic mass is 32.2. The molecule has 244 valence electrons. The van der Waals surface area contributed by atoms with Gasteiger partial charge in [-0.15, -0.1) is 0 Å². The van der Waals surface area contributed by atoms with E-state index < -0.39 is 86.3 Å². The predicted octanol–water partition coefficient (Wildman–Crippen LogP) is 2.30. The Kier molecular flexibility index (Phi) is 20.3. The van der Waals surface area contributed by atoms with Crippen molar-refractivity contribution in [1.29, 1.82) is 0 Å². The molecule has 0 fully saturated rings. The molecule has 14 nitrogen and oxygen atoms in total. The number of methoxy groups -OCH3 is 1. The van der Waals surface area contributed by atoms with Crippen LogP contribution in [0.5, 0.6) is 0 Å². The van der Waals surface area contributed by atoms with E-state index in [-0.39, 0.29) is 31.3 Å². The van der Waals surface area contributed by atoms with E-state index in [0.717, 1.165) is 0 Å². The van der Waals surface area contributed by atoms with Crippen LogP contribution in [0.4, 0.5) is 0 Å². The van der Waals surface area contributed by atoms with Crippen molar-refractivity contribution >= 4 is 53.9 Å². The number of hydrogen-bond donors (Lipinski definition) is 0. The SMILES string of the molecule is C/C=C(\CC)C(=O)OC(C=O)(CC(=O)OCOC(=O)C(CC)CSC)CC(CC)C(=O)OCOC(=O)COC(=O)COC. The molecule has 3 atom stereocenters. The molecule has 3 unspecified atom stereocenters. The quantitative estimate of drug-likeness (QED) is 0.0555. The third kappa shape index (κ3) is 15.5. The Bertz CT molecular complexity index is 979. The maximum absolute atomic E-state index is 12.8. The van der Waals surface area contributed by atoms with E-state index in [0.29, 0.717) is 12.2 Å². The van der Waals surface area contributed by atoms with Crippen molar-refractivity contribution in [2.24, 2.45) is 11.8 Å². The molecule has 0 aliphatic carbocycles. The number of thioether (sulfide) groups is 1. The number of carbonyl (C=O) groups excluding carboxylic acids is 7. The smallest absolute Gasteiger partial charge is 0.347 e. The lowest BCUT2D eigenvalue weighted by Crippen LogP contribution is -2.43. The summed E-state index contributed by atoms with van der Waals surface area (Å²) in [7, 11) is 1.27. The van der Waals surface area contributed by atoms with E-state index in [4.69, 9.17) is 23.7 Å². The molecular weight excluding hydrogens is 592 g/mol. The van der Waals surface area contributed by atoms with Crippen molar-refractivity contribution in [2.75, 3.05) is 45.9 Å². The summed E-state index contributed by atoms with van der Waals surface area (Å²) >= 11 is 1.46. The van der Waals surface area contributed by atoms with Crippen molar-refractivity contribution < 1.29 is 66.7 Å². The van der Waals surface area contributed by atoms with Crippen molar-refractivity contribution in [3.63, 3.8) is 0 Å². The Balaban J connectivity index is 5.51. The fraction of sp³-hybridized carbons (Fsp3) is 0.679. The molecule has 0 bridgehead atoms. The maximum Gasteiger partial charge on any atom is 0.347 e. The highest BCUT2D eigenvalue weighted by Crippen LogP contribution is 2.29. The summed E-state index contributed by atoms with van der Waals surface area (Å²) in [6, 6.07) is 0. The van der Waals surface area contributed by atoms with E-state index in [2.05, 4.69) is 9.47 Å². The first-order valence-electron chi connectivity index (χ1n) is 13.6. The fourth-order valence-corrected chi connectivity index (χ4v) is 4.30. The van der Waals surface area contributed by atoms with Gasteiger partial charge in [0.2, 0.25) is 13.6 Å². The average Bonchev–Trinajstić information content (AvgIpc) is 2.97. The van der Waals surface area contributed by atoms with Gasteiger partial charge >= 0.3 is 35.8 Å². The lowest BCUT2D eigenvalue weighted by molar-refractivity contribution is -0.182. The Labute approximate surface area is 255 Å². The van der Waals surface area contributed by atoms with Crippen molar-refractivity contribution in [3.05, 3.63) is 11.6 Å². The summed E-state index contributed by atoms with van der Waals surface area (Å²) in [5.41, 5.74) is -1.92. The largest absolute Gasteiger partial charge is 0.452 e. The highest BCUT2D eigenvalue weighted by Gasteiger charge is 2.42. The van der Waals surface area contributed by atoms with Crippen LogP contribution in [0.25, 0.3) is 0 Å². The first-order valence-corrected chi connectivity index (χ1v) is 15.0. The van der Waals surface area contributed by atoms with Gasteiger partial charge in [0.25, 0.3) is 0 Å². The summed E-state index contributed by atoms with van der Waals surface area (Å²) in [5.74, 6) is -6.13. The van der Waals surface area contributed by atoms with Gasteiger partial charge in [-0.3, -0.25) is 19.2 Å². The molecule has 0 aromatic carbocycles. The number of rotatable bonds is 22. The van der Waals surface area contributed by atoms with E-state index in [1.54, 1.807) is 20.8 Å². The number of allylic oxidation sites excluding steroid dienone is 1. The summed E-state index contributed by atoms with van der Waals surface area (Å²) < 4.78 is 34.3. The molecule has 0 spiro atoms. The van der Waals surface area contributed by atoms with E-state index in [1.165, 1.54) is 24.9 Å². The lowest BCUT2D eigenvalue weighted by Gasteiger charge is -2.30. The number of aldehydes is 1. The molecule has 0 saturated carbocycles. The van der Waals surface area contributed by atoms with E-state index in [1.807, 2.05) is 13.2 Å². The molecule has 15 heteroatoms. The molecule has 0 amide bonds. The third-order valence-corrected chi connectivity index (χ3v) is 6.75. The van der Waals surface area contributed by atoms with Crippen LogP contribution in [-0.4, -0.2) is 93.6 Å². The fourth-order valence-electron chi connectivity index (χ4n) is 3.52. The number of hydrogen-bond acceptors (Lipinski definition) is 15. The molecule has 0 N–H and O–H groups in total. The van der Waals surface area contributed by atoms with Gasteiger partial charge in [-0.2, -0.15) is 11.8 Å². The number of carbonyl (C=O) groups is 7. The van der Waals surface area contributed by atoms with Crippen LogP contribution >= 0.6 is 11.8 Å². The average molecular weight is 635 g/mol. The second-order valence-corrected chi connectivity index (χ2v) is 9.99. The Hall–Kier alpha value is -3.46.